The van der Waals surface area contributed by atoms with Crippen LogP contribution in [0.1, 0.15) is 30.9 Å². The molecule has 0 aliphatic carbocycles. The highest BCUT2D eigenvalue weighted by atomic mass is 32.2. The van der Waals surface area contributed by atoms with Gasteiger partial charge in [-0.05, 0) is 37.6 Å². The summed E-state index contributed by atoms with van der Waals surface area (Å²) < 4.78 is 0. The van der Waals surface area contributed by atoms with Crippen LogP contribution in [0.3, 0.4) is 0 Å². The van der Waals surface area contributed by atoms with Gasteiger partial charge in [-0.15, -0.1) is 11.8 Å². The summed E-state index contributed by atoms with van der Waals surface area (Å²) in [6.45, 7) is 4.94. The van der Waals surface area contributed by atoms with E-state index < -0.39 is 0 Å². The third kappa shape index (κ3) is 2.90. The summed E-state index contributed by atoms with van der Waals surface area (Å²) in [4.78, 5) is 4.07. The van der Waals surface area contributed by atoms with Gasteiger partial charge in [0.1, 0.15) is 0 Å². The SMILES string of the molecule is c1ccc2c(c1)SCC2NCCN1CCCCC1. The van der Waals surface area contributed by atoms with E-state index in [1.807, 2.05) is 11.8 Å². The van der Waals surface area contributed by atoms with Gasteiger partial charge in [-0.3, -0.25) is 0 Å². The van der Waals surface area contributed by atoms with Gasteiger partial charge in [0, 0.05) is 29.8 Å². The van der Waals surface area contributed by atoms with Crippen LogP contribution in [0.25, 0.3) is 0 Å². The fraction of sp³-hybridized carbons (Fsp3) is 0.600. The number of hydrogen-bond acceptors (Lipinski definition) is 3. The average molecular weight is 262 g/mol. The van der Waals surface area contributed by atoms with E-state index in [4.69, 9.17) is 0 Å². The van der Waals surface area contributed by atoms with Crippen molar-refractivity contribution in [3.63, 3.8) is 0 Å². The van der Waals surface area contributed by atoms with Gasteiger partial charge < -0.3 is 10.2 Å². The largest absolute Gasteiger partial charge is 0.308 e. The summed E-state index contributed by atoms with van der Waals surface area (Å²) in [6.07, 6.45) is 4.21. The Bertz CT molecular complexity index is 388. The highest BCUT2D eigenvalue weighted by Crippen LogP contribution is 2.37. The van der Waals surface area contributed by atoms with Gasteiger partial charge in [-0.1, -0.05) is 24.6 Å². The lowest BCUT2D eigenvalue weighted by Crippen LogP contribution is -2.36. The highest BCUT2D eigenvalue weighted by molar-refractivity contribution is 7.99. The second-order valence-corrected chi connectivity index (χ2v) is 6.32. The van der Waals surface area contributed by atoms with Crippen molar-refractivity contribution in [2.24, 2.45) is 0 Å². The first-order chi connectivity index (χ1) is 8.93. The normalized spacial score (nSPS) is 24.1. The molecular formula is C15H22N2S. The standard InChI is InChI=1S/C15H22N2S/c1-4-9-17(10-5-1)11-8-16-14-12-18-15-7-3-2-6-13(14)15/h2-3,6-7,14,16H,1,4-5,8-12H2. The fourth-order valence-corrected chi connectivity index (χ4v) is 4.11. The summed E-state index contributed by atoms with van der Waals surface area (Å²) >= 11 is 1.99. The molecule has 1 aromatic rings. The van der Waals surface area contributed by atoms with Crippen molar-refractivity contribution in [1.82, 2.24) is 10.2 Å². The molecule has 1 fully saturated rings. The Hall–Kier alpha value is -0.510. The molecule has 18 heavy (non-hydrogen) atoms. The third-order valence-electron chi connectivity index (χ3n) is 3.97. The monoisotopic (exact) mass is 262 g/mol. The predicted octanol–water partition coefficient (Wildman–Crippen LogP) is 2.91. The van der Waals surface area contributed by atoms with Gasteiger partial charge in [0.15, 0.2) is 0 Å². The molecule has 1 atom stereocenters. The molecule has 0 amide bonds. The van der Waals surface area contributed by atoms with Gasteiger partial charge in [0.25, 0.3) is 0 Å². The maximum atomic E-state index is 3.72. The van der Waals surface area contributed by atoms with E-state index in [1.165, 1.54) is 55.1 Å². The van der Waals surface area contributed by atoms with Crippen LogP contribution in [0.15, 0.2) is 29.2 Å². The number of nitrogens with zero attached hydrogens (tertiary/aromatic N) is 1. The first-order valence-electron chi connectivity index (χ1n) is 7.11. The second-order valence-electron chi connectivity index (χ2n) is 5.26. The van der Waals surface area contributed by atoms with E-state index >= 15 is 0 Å². The molecule has 2 nitrogen and oxygen atoms in total. The lowest BCUT2D eigenvalue weighted by atomic mass is 10.1. The predicted molar refractivity (Wildman–Crippen MR) is 78.2 cm³/mol. The summed E-state index contributed by atoms with van der Waals surface area (Å²) in [5.41, 5.74) is 1.50. The van der Waals surface area contributed by atoms with Crippen molar-refractivity contribution in [3.8, 4) is 0 Å². The van der Waals surface area contributed by atoms with Gasteiger partial charge in [-0.2, -0.15) is 0 Å². The van der Waals surface area contributed by atoms with Crippen LogP contribution in [0, 0.1) is 0 Å². The molecule has 3 heteroatoms. The lowest BCUT2D eigenvalue weighted by molar-refractivity contribution is 0.227. The maximum Gasteiger partial charge on any atom is 0.0426 e. The Morgan fingerprint density at radius 3 is 2.89 bits per heavy atom. The van der Waals surface area contributed by atoms with Crippen LogP contribution in [-0.4, -0.2) is 36.8 Å². The molecule has 1 aromatic carbocycles. The van der Waals surface area contributed by atoms with Crippen molar-refractivity contribution in [1.29, 1.82) is 0 Å². The van der Waals surface area contributed by atoms with E-state index in [2.05, 4.69) is 34.5 Å². The fourth-order valence-electron chi connectivity index (χ4n) is 2.91. The number of rotatable bonds is 4. The van der Waals surface area contributed by atoms with Crippen LogP contribution < -0.4 is 5.32 Å². The van der Waals surface area contributed by atoms with Crippen molar-refractivity contribution >= 4 is 11.8 Å². The van der Waals surface area contributed by atoms with Crippen LogP contribution >= 0.6 is 11.8 Å². The number of thioether (sulfide) groups is 1. The number of piperidine rings is 1. The first-order valence-corrected chi connectivity index (χ1v) is 8.09. The zero-order valence-corrected chi connectivity index (χ0v) is 11.7. The van der Waals surface area contributed by atoms with Crippen molar-refractivity contribution in [2.75, 3.05) is 31.9 Å². The highest BCUT2D eigenvalue weighted by Gasteiger charge is 2.21. The Labute approximate surface area is 114 Å². The Morgan fingerprint density at radius 1 is 1.17 bits per heavy atom. The van der Waals surface area contributed by atoms with E-state index in [0.717, 1.165) is 6.54 Å². The van der Waals surface area contributed by atoms with E-state index in [1.54, 1.807) is 0 Å². The van der Waals surface area contributed by atoms with E-state index in [0.29, 0.717) is 6.04 Å². The number of hydrogen-bond donors (Lipinski definition) is 1. The number of benzene rings is 1. The minimum atomic E-state index is 0.566. The Balaban J connectivity index is 1.47. The molecule has 2 heterocycles. The second kappa shape index (κ2) is 6.09. The molecule has 98 valence electrons. The smallest absolute Gasteiger partial charge is 0.0426 e. The van der Waals surface area contributed by atoms with Crippen LogP contribution in [0.2, 0.25) is 0 Å². The van der Waals surface area contributed by atoms with Gasteiger partial charge in [0.05, 0.1) is 0 Å². The molecule has 0 spiro atoms. The van der Waals surface area contributed by atoms with Crippen LogP contribution in [-0.2, 0) is 0 Å². The molecule has 1 N–H and O–H groups in total. The van der Waals surface area contributed by atoms with Gasteiger partial charge in [-0.25, -0.2) is 0 Å². The molecule has 3 rings (SSSR count). The van der Waals surface area contributed by atoms with Crippen molar-refractivity contribution in [3.05, 3.63) is 29.8 Å². The maximum absolute atomic E-state index is 3.72. The first kappa shape index (κ1) is 12.5. The lowest BCUT2D eigenvalue weighted by Gasteiger charge is -2.27. The van der Waals surface area contributed by atoms with E-state index in [9.17, 15) is 0 Å². The number of likely N-dealkylation sites (tertiary alicyclic amines) is 1. The minimum Gasteiger partial charge on any atom is -0.308 e. The van der Waals surface area contributed by atoms with Crippen molar-refractivity contribution < 1.29 is 0 Å². The Morgan fingerprint density at radius 2 is 2.00 bits per heavy atom. The molecule has 0 radical (unpaired) electrons. The molecule has 1 saturated heterocycles. The van der Waals surface area contributed by atoms with Crippen LogP contribution in [0.4, 0.5) is 0 Å². The Kier molecular flexibility index (Phi) is 4.24. The summed E-state index contributed by atoms with van der Waals surface area (Å²) in [7, 11) is 0. The molecule has 0 saturated carbocycles. The molecule has 2 aliphatic heterocycles. The molecule has 0 bridgehead atoms. The topological polar surface area (TPSA) is 15.3 Å². The summed E-state index contributed by atoms with van der Waals surface area (Å²) in [5, 5.41) is 3.72. The van der Waals surface area contributed by atoms with Gasteiger partial charge >= 0.3 is 0 Å². The van der Waals surface area contributed by atoms with E-state index in [-0.39, 0.29) is 0 Å². The summed E-state index contributed by atoms with van der Waals surface area (Å²) in [6, 6.07) is 9.38. The quantitative estimate of drug-likeness (QED) is 0.898. The molecule has 0 aromatic heterocycles. The molecule has 1 unspecified atom stereocenters. The molecular weight excluding hydrogens is 240 g/mol. The number of fused-ring (bicyclic) bond motifs is 1. The average Bonchev–Trinajstić information content (AvgIpc) is 2.84. The zero-order chi connectivity index (χ0) is 12.2. The third-order valence-corrected chi connectivity index (χ3v) is 5.15. The van der Waals surface area contributed by atoms with Crippen molar-refractivity contribution in [2.45, 2.75) is 30.2 Å². The molecule has 2 aliphatic rings. The van der Waals surface area contributed by atoms with Gasteiger partial charge in [0.2, 0.25) is 0 Å². The van der Waals surface area contributed by atoms with Crippen LogP contribution in [0.5, 0.6) is 0 Å². The number of nitrogens with one attached hydrogen (secondary N) is 1. The minimum absolute atomic E-state index is 0.566. The zero-order valence-electron chi connectivity index (χ0n) is 10.9. The summed E-state index contributed by atoms with van der Waals surface area (Å²) in [5.74, 6) is 1.19.